The molecule has 3 fully saturated rings. The highest BCUT2D eigenvalue weighted by molar-refractivity contribution is 8.01. The molecule has 12 heavy (non-hydrogen) atoms. The minimum absolute atomic E-state index is 0.544. The predicted molar refractivity (Wildman–Crippen MR) is 53.2 cm³/mol. The van der Waals surface area contributed by atoms with Crippen LogP contribution in [0.15, 0.2) is 0 Å². The van der Waals surface area contributed by atoms with Crippen LogP contribution in [-0.4, -0.2) is 16.7 Å². The van der Waals surface area contributed by atoms with Gasteiger partial charge in [0.25, 0.3) is 0 Å². The monoisotopic (exact) mass is 183 g/mol. The number of rotatable bonds is 0. The average molecular weight is 183 g/mol. The molecule has 0 bridgehead atoms. The second-order valence-electron chi connectivity index (χ2n) is 4.69. The second-order valence-corrected chi connectivity index (χ2v) is 6.46. The van der Waals surface area contributed by atoms with Crippen LogP contribution in [0.5, 0.6) is 0 Å². The Morgan fingerprint density at radius 3 is 3.17 bits per heavy atom. The Labute approximate surface area is 78.7 Å². The molecule has 1 saturated heterocycles. The fraction of sp³-hybridized carbons (Fsp3) is 1.00. The highest BCUT2D eigenvalue weighted by Crippen LogP contribution is 2.60. The molecule has 2 heteroatoms. The minimum atomic E-state index is 0.544. The summed E-state index contributed by atoms with van der Waals surface area (Å²) in [6.45, 7) is 3.60. The zero-order valence-corrected chi connectivity index (χ0v) is 8.49. The lowest BCUT2D eigenvalue weighted by Gasteiger charge is -2.33. The van der Waals surface area contributed by atoms with E-state index < -0.39 is 0 Å². The van der Waals surface area contributed by atoms with Crippen molar-refractivity contribution in [3.63, 3.8) is 0 Å². The predicted octanol–water partition coefficient (Wildman–Crippen LogP) is 2.23. The third kappa shape index (κ3) is 0.973. The van der Waals surface area contributed by atoms with Crippen LogP contribution in [0.3, 0.4) is 0 Å². The first-order valence-corrected chi connectivity index (χ1v) is 6.11. The summed E-state index contributed by atoms with van der Waals surface area (Å²) >= 11 is 2.23. The Hall–Kier alpha value is 0.310. The molecule has 0 aromatic heterocycles. The van der Waals surface area contributed by atoms with Crippen LogP contribution in [0.2, 0.25) is 0 Å². The van der Waals surface area contributed by atoms with Gasteiger partial charge in [0.1, 0.15) is 0 Å². The van der Waals surface area contributed by atoms with E-state index in [0.717, 1.165) is 17.1 Å². The highest BCUT2D eigenvalue weighted by Gasteiger charge is 2.57. The van der Waals surface area contributed by atoms with Gasteiger partial charge in [0, 0.05) is 11.8 Å². The van der Waals surface area contributed by atoms with Crippen molar-refractivity contribution in [2.75, 3.05) is 6.54 Å². The smallest absolute Gasteiger partial charge is 0.0679 e. The molecule has 3 rings (SSSR count). The summed E-state index contributed by atoms with van der Waals surface area (Å²) in [5, 5.41) is 4.63. The summed E-state index contributed by atoms with van der Waals surface area (Å²) in [7, 11) is 0. The molecule has 2 saturated carbocycles. The lowest BCUT2D eigenvalue weighted by atomic mass is 9.95. The molecule has 0 amide bonds. The van der Waals surface area contributed by atoms with Crippen LogP contribution < -0.4 is 5.32 Å². The Kier molecular flexibility index (Phi) is 1.55. The van der Waals surface area contributed by atoms with Gasteiger partial charge in [-0.15, -0.1) is 11.8 Å². The number of nitrogens with one attached hydrogen (secondary N) is 1. The average Bonchev–Trinajstić information content (AvgIpc) is 2.74. The van der Waals surface area contributed by atoms with Crippen molar-refractivity contribution in [3.8, 4) is 0 Å². The second kappa shape index (κ2) is 2.42. The van der Waals surface area contributed by atoms with Crippen LogP contribution in [0.25, 0.3) is 0 Å². The van der Waals surface area contributed by atoms with Crippen LogP contribution in [0, 0.1) is 11.8 Å². The van der Waals surface area contributed by atoms with Crippen LogP contribution in [0.4, 0.5) is 0 Å². The van der Waals surface area contributed by atoms with Gasteiger partial charge in [-0.05, 0) is 31.1 Å². The Balaban J connectivity index is 1.81. The molecule has 0 aromatic carbocycles. The van der Waals surface area contributed by atoms with Crippen LogP contribution in [0.1, 0.15) is 32.6 Å². The number of hydrogen-bond acceptors (Lipinski definition) is 2. The van der Waals surface area contributed by atoms with Crippen molar-refractivity contribution >= 4 is 11.8 Å². The Morgan fingerprint density at radius 1 is 1.50 bits per heavy atom. The number of thioether (sulfide) groups is 1. The summed E-state index contributed by atoms with van der Waals surface area (Å²) in [6, 6.07) is 0. The van der Waals surface area contributed by atoms with Gasteiger partial charge in [-0.25, -0.2) is 0 Å². The molecule has 0 aromatic rings. The van der Waals surface area contributed by atoms with E-state index in [-0.39, 0.29) is 0 Å². The maximum atomic E-state index is 3.78. The van der Waals surface area contributed by atoms with Gasteiger partial charge >= 0.3 is 0 Å². The number of hydrogen-bond donors (Lipinski definition) is 1. The lowest BCUT2D eigenvalue weighted by Crippen LogP contribution is -2.41. The van der Waals surface area contributed by atoms with E-state index in [1.54, 1.807) is 0 Å². The largest absolute Gasteiger partial charge is 0.301 e. The first-order chi connectivity index (χ1) is 5.80. The molecule has 3 aliphatic rings. The van der Waals surface area contributed by atoms with E-state index >= 15 is 0 Å². The SMILES string of the molecule is CC1CNC2(CCCC3CC32)S1. The lowest BCUT2D eigenvalue weighted by molar-refractivity contribution is 0.334. The van der Waals surface area contributed by atoms with Gasteiger partial charge < -0.3 is 5.32 Å². The van der Waals surface area contributed by atoms with Gasteiger partial charge in [0.05, 0.1) is 4.87 Å². The first kappa shape index (κ1) is 7.69. The summed E-state index contributed by atoms with van der Waals surface area (Å²) in [6.07, 6.45) is 5.94. The van der Waals surface area contributed by atoms with Crippen molar-refractivity contribution in [2.45, 2.75) is 42.7 Å². The molecule has 2 aliphatic carbocycles. The minimum Gasteiger partial charge on any atom is -0.301 e. The molecule has 1 aliphatic heterocycles. The molecule has 68 valence electrons. The zero-order valence-electron chi connectivity index (χ0n) is 7.68. The molecular formula is C10H17NS. The van der Waals surface area contributed by atoms with E-state index in [4.69, 9.17) is 0 Å². The fourth-order valence-corrected chi connectivity index (χ4v) is 4.85. The first-order valence-electron chi connectivity index (χ1n) is 5.23. The molecule has 4 unspecified atom stereocenters. The normalized spacial score (nSPS) is 57.2. The summed E-state index contributed by atoms with van der Waals surface area (Å²) in [5.41, 5.74) is 0. The molecule has 1 heterocycles. The van der Waals surface area contributed by atoms with Crippen molar-refractivity contribution in [3.05, 3.63) is 0 Å². The maximum absolute atomic E-state index is 3.78. The molecule has 1 nitrogen and oxygen atoms in total. The standard InChI is InChI=1S/C10H17NS/c1-7-6-11-10(12-7)4-2-3-8-5-9(8)10/h7-9,11H,2-6H2,1H3. The van der Waals surface area contributed by atoms with E-state index in [2.05, 4.69) is 24.0 Å². The topological polar surface area (TPSA) is 12.0 Å². The Morgan fingerprint density at radius 2 is 2.42 bits per heavy atom. The molecular weight excluding hydrogens is 166 g/mol. The van der Waals surface area contributed by atoms with E-state index in [1.165, 1.54) is 32.2 Å². The fourth-order valence-electron chi connectivity index (χ4n) is 3.07. The number of fused-ring (bicyclic) bond motifs is 2. The quantitative estimate of drug-likeness (QED) is 0.618. The molecule has 0 radical (unpaired) electrons. The van der Waals surface area contributed by atoms with Crippen molar-refractivity contribution in [1.82, 2.24) is 5.32 Å². The molecule has 1 N–H and O–H groups in total. The summed E-state index contributed by atoms with van der Waals surface area (Å²) < 4.78 is 0. The third-order valence-corrected chi connectivity index (χ3v) is 5.39. The van der Waals surface area contributed by atoms with Gasteiger partial charge in [-0.3, -0.25) is 0 Å². The zero-order chi connectivity index (χ0) is 8.18. The summed E-state index contributed by atoms with van der Waals surface area (Å²) in [5.74, 6) is 2.14. The Bertz CT molecular complexity index is 202. The van der Waals surface area contributed by atoms with E-state index in [9.17, 15) is 0 Å². The van der Waals surface area contributed by atoms with Crippen molar-refractivity contribution in [1.29, 1.82) is 0 Å². The highest BCUT2D eigenvalue weighted by atomic mass is 32.2. The van der Waals surface area contributed by atoms with E-state index in [0.29, 0.717) is 4.87 Å². The molecule has 4 atom stereocenters. The van der Waals surface area contributed by atoms with Crippen LogP contribution in [-0.2, 0) is 0 Å². The third-order valence-electron chi connectivity index (χ3n) is 3.74. The maximum Gasteiger partial charge on any atom is 0.0679 e. The van der Waals surface area contributed by atoms with Crippen molar-refractivity contribution in [2.24, 2.45) is 11.8 Å². The van der Waals surface area contributed by atoms with Gasteiger partial charge in [0.2, 0.25) is 0 Å². The van der Waals surface area contributed by atoms with Gasteiger partial charge in [0.15, 0.2) is 0 Å². The van der Waals surface area contributed by atoms with Crippen molar-refractivity contribution < 1.29 is 0 Å². The van der Waals surface area contributed by atoms with Crippen LogP contribution >= 0.6 is 11.8 Å². The van der Waals surface area contributed by atoms with Gasteiger partial charge in [-0.2, -0.15) is 0 Å². The van der Waals surface area contributed by atoms with Gasteiger partial charge in [-0.1, -0.05) is 13.3 Å². The summed E-state index contributed by atoms with van der Waals surface area (Å²) in [4.78, 5) is 0.544. The molecule has 1 spiro atoms. The van der Waals surface area contributed by atoms with E-state index in [1.807, 2.05) is 0 Å².